The zero-order valence-electron chi connectivity index (χ0n) is 12.5. The lowest BCUT2D eigenvalue weighted by Crippen LogP contribution is -2.31. The van der Waals surface area contributed by atoms with Crippen molar-refractivity contribution in [2.24, 2.45) is 0 Å². The molecule has 1 aromatic heterocycles. The van der Waals surface area contributed by atoms with Gasteiger partial charge in [0.25, 0.3) is 6.43 Å². The number of benzene rings is 1. The summed E-state index contributed by atoms with van der Waals surface area (Å²) in [5, 5.41) is 2.83. The average molecular weight is 311 g/mol. The van der Waals surface area contributed by atoms with Gasteiger partial charge in [-0.2, -0.15) is 0 Å². The first kappa shape index (κ1) is 16.2. The number of halogens is 2. The summed E-state index contributed by atoms with van der Waals surface area (Å²) in [4.78, 5) is 16.8. The molecular formula is C15H19F2N3O2. The number of fused-ring (bicyclic) bond motifs is 1. The molecule has 1 aromatic carbocycles. The third-order valence-electron chi connectivity index (χ3n) is 3.18. The number of nitrogens with zero attached hydrogens (tertiary/aromatic N) is 1. The smallest absolute Gasteiger partial charge is 0.410 e. The number of nitrogens with one attached hydrogen (secondary N) is 2. The number of aromatic nitrogens is 1. The molecule has 1 amide bonds. The van der Waals surface area contributed by atoms with Crippen molar-refractivity contribution in [3.05, 3.63) is 30.0 Å². The van der Waals surface area contributed by atoms with Crippen molar-refractivity contribution >= 4 is 17.0 Å². The molecule has 0 radical (unpaired) electrons. The van der Waals surface area contributed by atoms with Crippen LogP contribution in [0.4, 0.5) is 13.6 Å². The Morgan fingerprint density at radius 1 is 1.41 bits per heavy atom. The van der Waals surface area contributed by atoms with E-state index in [0.29, 0.717) is 5.75 Å². The zero-order valence-corrected chi connectivity index (χ0v) is 12.5. The summed E-state index contributed by atoms with van der Waals surface area (Å²) in [6.45, 7) is 0.119. The maximum absolute atomic E-state index is 12.1. The third kappa shape index (κ3) is 4.17. The number of likely N-dealkylation sites (N-methyl/N-ethyl adjacent to an activating group) is 1. The van der Waals surface area contributed by atoms with Crippen LogP contribution in [-0.4, -0.2) is 49.6 Å². The van der Waals surface area contributed by atoms with E-state index in [1.54, 1.807) is 12.1 Å². The summed E-state index contributed by atoms with van der Waals surface area (Å²) in [5.41, 5.74) is 1.86. The number of aromatic amines is 1. The van der Waals surface area contributed by atoms with Crippen molar-refractivity contribution in [3.63, 3.8) is 0 Å². The lowest BCUT2D eigenvalue weighted by Gasteiger charge is -2.10. The molecule has 7 heteroatoms. The number of H-pyrrole nitrogens is 1. The highest BCUT2D eigenvalue weighted by Crippen LogP contribution is 2.29. The Morgan fingerprint density at radius 2 is 2.18 bits per heavy atom. The van der Waals surface area contributed by atoms with E-state index in [2.05, 4.69) is 9.88 Å². The van der Waals surface area contributed by atoms with E-state index in [-0.39, 0.29) is 0 Å². The molecule has 0 spiro atoms. The maximum atomic E-state index is 12.1. The van der Waals surface area contributed by atoms with Gasteiger partial charge in [-0.1, -0.05) is 6.07 Å². The van der Waals surface area contributed by atoms with Crippen LogP contribution < -0.4 is 10.1 Å². The molecule has 5 nitrogen and oxygen atoms in total. The first-order valence-electron chi connectivity index (χ1n) is 6.95. The molecule has 0 saturated carbocycles. The van der Waals surface area contributed by atoms with Crippen LogP contribution in [0.5, 0.6) is 5.75 Å². The largest absolute Gasteiger partial charge is 0.412 e. The molecule has 0 aliphatic rings. The van der Waals surface area contributed by atoms with Crippen molar-refractivity contribution in [1.82, 2.24) is 15.2 Å². The zero-order chi connectivity index (χ0) is 16.1. The lowest BCUT2D eigenvalue weighted by atomic mass is 10.1. The minimum absolute atomic E-state index is 0.360. The fourth-order valence-corrected chi connectivity index (χ4v) is 2.14. The van der Waals surface area contributed by atoms with Crippen LogP contribution in [0.25, 0.3) is 10.9 Å². The summed E-state index contributed by atoms with van der Waals surface area (Å²) in [7, 11) is 3.95. The van der Waals surface area contributed by atoms with Gasteiger partial charge in [0, 0.05) is 23.6 Å². The number of carbonyl (C=O) groups is 1. The lowest BCUT2D eigenvalue weighted by molar-refractivity contribution is 0.139. The number of ether oxygens (including phenoxy) is 1. The summed E-state index contributed by atoms with van der Waals surface area (Å²) in [5.74, 6) is 0.360. The highest BCUT2D eigenvalue weighted by atomic mass is 19.3. The van der Waals surface area contributed by atoms with Crippen molar-refractivity contribution in [1.29, 1.82) is 0 Å². The predicted octanol–water partition coefficient (Wildman–Crippen LogP) is 2.63. The SMILES string of the molecule is CN(C)CCc1c[nH]c2cccc(OC(=O)NCC(F)F)c12. The van der Waals surface area contributed by atoms with Gasteiger partial charge >= 0.3 is 6.09 Å². The summed E-state index contributed by atoms with van der Waals surface area (Å²) in [6, 6.07) is 5.26. The molecule has 1 heterocycles. The van der Waals surface area contributed by atoms with E-state index in [9.17, 15) is 13.6 Å². The Kier molecular flexibility index (Phi) is 5.32. The van der Waals surface area contributed by atoms with Gasteiger partial charge in [-0.15, -0.1) is 0 Å². The fourth-order valence-electron chi connectivity index (χ4n) is 2.14. The van der Waals surface area contributed by atoms with Gasteiger partial charge in [-0.25, -0.2) is 13.6 Å². The quantitative estimate of drug-likeness (QED) is 0.862. The standard InChI is InChI=1S/C15H19F2N3O2/c1-20(2)7-6-10-8-18-11-4-3-5-12(14(10)11)22-15(21)19-9-13(16)17/h3-5,8,13,18H,6-7,9H2,1-2H3,(H,19,21). The van der Waals surface area contributed by atoms with Gasteiger partial charge in [0.1, 0.15) is 5.75 Å². The van der Waals surface area contributed by atoms with Gasteiger partial charge < -0.3 is 19.9 Å². The molecule has 2 rings (SSSR count). The highest BCUT2D eigenvalue weighted by molar-refractivity contribution is 5.91. The van der Waals surface area contributed by atoms with Crippen LogP contribution in [-0.2, 0) is 6.42 Å². The van der Waals surface area contributed by atoms with Crippen LogP contribution in [0.3, 0.4) is 0 Å². The Morgan fingerprint density at radius 3 is 2.86 bits per heavy atom. The molecule has 120 valence electrons. The number of rotatable bonds is 6. The molecule has 0 aliphatic heterocycles. The molecule has 0 unspecified atom stereocenters. The molecule has 0 aliphatic carbocycles. The Hall–Kier alpha value is -2.15. The second kappa shape index (κ2) is 7.22. The van der Waals surface area contributed by atoms with Gasteiger partial charge in [0.05, 0.1) is 6.54 Å². The first-order valence-corrected chi connectivity index (χ1v) is 6.95. The van der Waals surface area contributed by atoms with Crippen molar-refractivity contribution in [2.75, 3.05) is 27.2 Å². The summed E-state index contributed by atoms with van der Waals surface area (Å²) >= 11 is 0. The van der Waals surface area contributed by atoms with Crippen molar-refractivity contribution < 1.29 is 18.3 Å². The summed E-state index contributed by atoms with van der Waals surface area (Å²) in [6.07, 6.45) is -0.830. The predicted molar refractivity (Wildman–Crippen MR) is 80.6 cm³/mol. The first-order chi connectivity index (χ1) is 10.5. The molecule has 2 N–H and O–H groups in total. The number of alkyl halides is 2. The normalized spacial score (nSPS) is 11.4. The van der Waals surface area contributed by atoms with E-state index in [1.165, 1.54) is 0 Å². The van der Waals surface area contributed by atoms with Gasteiger partial charge in [-0.05, 0) is 38.2 Å². The van der Waals surface area contributed by atoms with Crippen molar-refractivity contribution in [3.8, 4) is 5.75 Å². The van der Waals surface area contributed by atoms with Crippen LogP contribution >= 0.6 is 0 Å². The number of amides is 1. The molecule has 0 saturated heterocycles. The minimum Gasteiger partial charge on any atom is -0.410 e. The van der Waals surface area contributed by atoms with Gasteiger partial charge in [0.15, 0.2) is 0 Å². The summed E-state index contributed by atoms with van der Waals surface area (Å²) < 4.78 is 29.4. The van der Waals surface area contributed by atoms with E-state index >= 15 is 0 Å². The molecule has 0 bridgehead atoms. The van der Waals surface area contributed by atoms with Crippen LogP contribution in [0.1, 0.15) is 5.56 Å². The van der Waals surface area contributed by atoms with E-state index in [4.69, 9.17) is 4.74 Å². The van der Waals surface area contributed by atoms with Gasteiger partial charge in [-0.3, -0.25) is 0 Å². The second-order valence-corrected chi connectivity index (χ2v) is 5.21. The molecule has 22 heavy (non-hydrogen) atoms. The third-order valence-corrected chi connectivity index (χ3v) is 3.18. The molecular weight excluding hydrogens is 292 g/mol. The number of hydrogen-bond acceptors (Lipinski definition) is 3. The van der Waals surface area contributed by atoms with Crippen LogP contribution in [0.15, 0.2) is 24.4 Å². The minimum atomic E-state index is -2.61. The Balaban J connectivity index is 2.18. The molecule has 2 aromatic rings. The van der Waals surface area contributed by atoms with E-state index in [1.807, 2.05) is 31.7 Å². The fraction of sp³-hybridized carbons (Fsp3) is 0.400. The van der Waals surface area contributed by atoms with E-state index < -0.39 is 19.1 Å². The average Bonchev–Trinajstić information content (AvgIpc) is 2.87. The van der Waals surface area contributed by atoms with Crippen LogP contribution in [0.2, 0.25) is 0 Å². The Bertz CT molecular complexity index is 641. The molecule has 0 atom stereocenters. The van der Waals surface area contributed by atoms with Gasteiger partial charge in [0.2, 0.25) is 0 Å². The highest BCUT2D eigenvalue weighted by Gasteiger charge is 2.14. The van der Waals surface area contributed by atoms with Crippen LogP contribution in [0, 0.1) is 0 Å². The number of hydrogen-bond donors (Lipinski definition) is 2. The maximum Gasteiger partial charge on any atom is 0.412 e. The van der Waals surface area contributed by atoms with Crippen molar-refractivity contribution in [2.45, 2.75) is 12.8 Å². The molecule has 0 fully saturated rings. The monoisotopic (exact) mass is 311 g/mol. The second-order valence-electron chi connectivity index (χ2n) is 5.21. The topological polar surface area (TPSA) is 57.4 Å². The Labute approximate surface area is 127 Å². The number of carbonyl (C=O) groups excluding carboxylic acids is 1. The van der Waals surface area contributed by atoms with E-state index in [0.717, 1.165) is 29.4 Å².